The molecule has 0 aliphatic rings. The van der Waals surface area contributed by atoms with E-state index in [2.05, 4.69) is 14.6 Å². The van der Waals surface area contributed by atoms with Crippen LogP contribution in [0.5, 0.6) is 0 Å². The number of aromatic nitrogens is 1. The van der Waals surface area contributed by atoms with Crippen LogP contribution in [0.25, 0.3) is 10.9 Å². The van der Waals surface area contributed by atoms with Gasteiger partial charge in [-0.25, -0.2) is 13.1 Å². The van der Waals surface area contributed by atoms with Gasteiger partial charge in [-0.15, -0.1) is 17.0 Å². The second-order valence-electron chi connectivity index (χ2n) is 5.21. The number of hydrogen-bond donors (Lipinski definition) is 2. The number of nitrogens with one attached hydrogen (secondary N) is 2. The highest BCUT2D eigenvalue weighted by Gasteiger charge is 2.11. The van der Waals surface area contributed by atoms with E-state index in [0.29, 0.717) is 0 Å². The Morgan fingerprint density at radius 3 is 2.62 bits per heavy atom. The first-order chi connectivity index (χ1) is 9.41. The number of H-pyrrole nitrogens is 1. The summed E-state index contributed by atoms with van der Waals surface area (Å²) in [6.07, 6.45) is 2.94. The summed E-state index contributed by atoms with van der Waals surface area (Å²) in [7, 11) is 2.29. The fourth-order valence-corrected chi connectivity index (χ4v) is 2.92. The molecule has 2 N–H and O–H groups in total. The summed E-state index contributed by atoms with van der Waals surface area (Å²) in [6, 6.07) is 5.75. The summed E-state index contributed by atoms with van der Waals surface area (Å²) in [6.45, 7) is 0.964. The number of likely N-dealkylation sites (N-methyl/N-ethyl adjacent to an activating group) is 1. The Balaban J connectivity index is 0.00000220. The normalized spacial score (nSPS) is 11.8. The standard InChI is InChI=1S/C14H21N3O2S.BrH/c1-15-20(18,19)10-11-4-5-14-13(8-11)12(9-16-14)6-7-17(2)3;/h4-5,8-9,15-16H,6-7,10H2,1-3H3;1H. The molecule has 0 aliphatic carbocycles. The lowest BCUT2D eigenvalue weighted by molar-refractivity contribution is 0.414. The van der Waals surface area contributed by atoms with Crippen LogP contribution in [0.1, 0.15) is 11.1 Å². The zero-order chi connectivity index (χ0) is 14.8. The molecule has 1 heterocycles. The van der Waals surface area contributed by atoms with Crippen molar-refractivity contribution in [2.45, 2.75) is 12.2 Å². The van der Waals surface area contributed by atoms with E-state index in [9.17, 15) is 8.42 Å². The monoisotopic (exact) mass is 375 g/mol. The van der Waals surface area contributed by atoms with Crippen molar-refractivity contribution in [1.82, 2.24) is 14.6 Å². The molecule has 2 rings (SSSR count). The van der Waals surface area contributed by atoms with Gasteiger partial charge >= 0.3 is 0 Å². The highest BCUT2D eigenvalue weighted by atomic mass is 79.9. The molecule has 0 radical (unpaired) electrons. The average Bonchev–Trinajstić information content (AvgIpc) is 2.78. The van der Waals surface area contributed by atoms with Crippen LogP contribution in [0.3, 0.4) is 0 Å². The second kappa shape index (κ2) is 7.40. The van der Waals surface area contributed by atoms with E-state index >= 15 is 0 Å². The Hall–Kier alpha value is -0.890. The molecular formula is C14H22BrN3O2S. The summed E-state index contributed by atoms with van der Waals surface area (Å²) >= 11 is 0. The molecular weight excluding hydrogens is 354 g/mol. The van der Waals surface area contributed by atoms with Crippen molar-refractivity contribution in [2.75, 3.05) is 27.7 Å². The molecule has 0 unspecified atom stereocenters. The van der Waals surface area contributed by atoms with E-state index in [-0.39, 0.29) is 22.7 Å². The van der Waals surface area contributed by atoms with Gasteiger partial charge < -0.3 is 9.88 Å². The van der Waals surface area contributed by atoms with Crippen LogP contribution in [-0.4, -0.2) is 46.0 Å². The molecule has 0 aliphatic heterocycles. The van der Waals surface area contributed by atoms with Gasteiger partial charge in [0.15, 0.2) is 0 Å². The fourth-order valence-electron chi connectivity index (χ4n) is 2.16. The number of halogens is 1. The summed E-state index contributed by atoms with van der Waals surface area (Å²) in [5, 5.41) is 1.11. The Bertz CT molecular complexity index is 695. The summed E-state index contributed by atoms with van der Waals surface area (Å²) in [5.74, 6) is 0.0116. The Kier molecular flexibility index (Phi) is 6.40. The Morgan fingerprint density at radius 2 is 2.00 bits per heavy atom. The number of fused-ring (bicyclic) bond motifs is 1. The van der Waals surface area contributed by atoms with Crippen molar-refractivity contribution >= 4 is 37.9 Å². The molecule has 0 bridgehead atoms. The molecule has 21 heavy (non-hydrogen) atoms. The first kappa shape index (κ1) is 18.2. The minimum atomic E-state index is -3.23. The maximum atomic E-state index is 11.6. The van der Waals surface area contributed by atoms with Gasteiger partial charge in [-0.1, -0.05) is 6.07 Å². The van der Waals surface area contributed by atoms with Crippen molar-refractivity contribution in [1.29, 1.82) is 0 Å². The van der Waals surface area contributed by atoms with Crippen LogP contribution < -0.4 is 4.72 Å². The fraction of sp³-hybridized carbons (Fsp3) is 0.429. The molecule has 5 nitrogen and oxygen atoms in total. The molecule has 0 spiro atoms. The van der Waals surface area contributed by atoms with Gasteiger partial charge in [-0.3, -0.25) is 0 Å². The first-order valence-corrected chi connectivity index (χ1v) is 8.21. The van der Waals surface area contributed by atoms with Gasteiger partial charge in [0.25, 0.3) is 0 Å². The lowest BCUT2D eigenvalue weighted by atomic mass is 10.1. The predicted molar refractivity (Wildman–Crippen MR) is 92.6 cm³/mol. The van der Waals surface area contributed by atoms with Crippen molar-refractivity contribution < 1.29 is 8.42 Å². The number of aromatic amines is 1. The maximum Gasteiger partial charge on any atom is 0.215 e. The van der Waals surface area contributed by atoms with E-state index in [0.717, 1.165) is 29.4 Å². The number of hydrogen-bond acceptors (Lipinski definition) is 3. The van der Waals surface area contributed by atoms with Gasteiger partial charge in [0.05, 0.1) is 5.75 Å². The maximum absolute atomic E-state index is 11.6. The summed E-state index contributed by atoms with van der Waals surface area (Å²) < 4.78 is 25.6. The molecule has 118 valence electrons. The second-order valence-corrected chi connectivity index (χ2v) is 7.14. The highest BCUT2D eigenvalue weighted by Crippen LogP contribution is 2.21. The largest absolute Gasteiger partial charge is 0.361 e. The summed E-state index contributed by atoms with van der Waals surface area (Å²) in [4.78, 5) is 5.37. The minimum absolute atomic E-state index is 0. The molecule has 1 aromatic heterocycles. The van der Waals surface area contributed by atoms with E-state index < -0.39 is 10.0 Å². The zero-order valence-corrected chi connectivity index (χ0v) is 15.0. The first-order valence-electron chi connectivity index (χ1n) is 6.56. The number of sulfonamides is 1. The molecule has 0 atom stereocenters. The minimum Gasteiger partial charge on any atom is -0.361 e. The molecule has 0 fully saturated rings. The van der Waals surface area contributed by atoms with Crippen molar-refractivity contribution in [2.24, 2.45) is 0 Å². The molecule has 7 heteroatoms. The predicted octanol–water partition coefficient (Wildman–Crippen LogP) is 1.90. The third-order valence-electron chi connectivity index (χ3n) is 3.33. The zero-order valence-electron chi connectivity index (χ0n) is 12.5. The number of rotatable bonds is 6. The number of nitrogens with zero attached hydrogens (tertiary/aromatic N) is 1. The van der Waals surface area contributed by atoms with Gasteiger partial charge in [-0.2, -0.15) is 0 Å². The Labute approximate surface area is 136 Å². The molecule has 1 aromatic carbocycles. The van der Waals surface area contributed by atoms with E-state index in [1.807, 2.05) is 38.5 Å². The average molecular weight is 376 g/mol. The third kappa shape index (κ3) is 4.81. The van der Waals surface area contributed by atoms with Gasteiger partial charge in [0.2, 0.25) is 10.0 Å². The van der Waals surface area contributed by atoms with Crippen LogP contribution in [0.15, 0.2) is 24.4 Å². The highest BCUT2D eigenvalue weighted by molar-refractivity contribution is 8.93. The smallest absolute Gasteiger partial charge is 0.215 e. The number of benzene rings is 1. The van der Waals surface area contributed by atoms with Gasteiger partial charge in [-0.05, 0) is 50.8 Å². The lowest BCUT2D eigenvalue weighted by Gasteiger charge is -2.08. The topological polar surface area (TPSA) is 65.2 Å². The molecule has 0 amide bonds. The summed E-state index contributed by atoms with van der Waals surface area (Å²) in [5.41, 5.74) is 3.07. The van der Waals surface area contributed by atoms with Crippen LogP contribution in [0, 0.1) is 0 Å². The lowest BCUT2D eigenvalue weighted by Crippen LogP contribution is -2.20. The van der Waals surface area contributed by atoms with Gasteiger partial charge in [0.1, 0.15) is 0 Å². The van der Waals surface area contributed by atoms with Crippen LogP contribution in [0.2, 0.25) is 0 Å². The van der Waals surface area contributed by atoms with E-state index in [1.165, 1.54) is 12.6 Å². The van der Waals surface area contributed by atoms with Crippen LogP contribution in [0.4, 0.5) is 0 Å². The molecule has 0 saturated carbocycles. The Morgan fingerprint density at radius 1 is 1.29 bits per heavy atom. The third-order valence-corrected chi connectivity index (χ3v) is 4.66. The van der Waals surface area contributed by atoms with E-state index in [4.69, 9.17) is 0 Å². The van der Waals surface area contributed by atoms with Crippen LogP contribution >= 0.6 is 17.0 Å². The SMILES string of the molecule is Br.CNS(=O)(=O)Cc1ccc2[nH]cc(CCN(C)C)c2c1. The van der Waals surface area contributed by atoms with E-state index in [1.54, 1.807) is 0 Å². The molecule has 0 saturated heterocycles. The van der Waals surface area contributed by atoms with Crippen molar-refractivity contribution in [3.8, 4) is 0 Å². The quantitative estimate of drug-likeness (QED) is 0.810. The van der Waals surface area contributed by atoms with Crippen molar-refractivity contribution in [3.05, 3.63) is 35.5 Å². The van der Waals surface area contributed by atoms with Crippen molar-refractivity contribution in [3.63, 3.8) is 0 Å². The molecule has 2 aromatic rings. The van der Waals surface area contributed by atoms with Crippen LogP contribution in [-0.2, 0) is 22.2 Å². The van der Waals surface area contributed by atoms with Gasteiger partial charge in [0, 0.05) is 23.6 Å².